The molecule has 3 aliphatic carbocycles. The van der Waals surface area contributed by atoms with Crippen molar-refractivity contribution < 1.29 is 36.6 Å². The van der Waals surface area contributed by atoms with Crippen LogP contribution in [0.1, 0.15) is 49.3 Å². The Morgan fingerprint density at radius 3 is 2.58 bits per heavy atom. The third-order valence-electron chi connectivity index (χ3n) is 7.58. The van der Waals surface area contributed by atoms with Crippen LogP contribution in [0, 0.1) is 18.2 Å². The van der Waals surface area contributed by atoms with Crippen molar-refractivity contribution in [1.29, 1.82) is 0 Å². The predicted octanol–water partition coefficient (Wildman–Crippen LogP) is 5.21. The first kappa shape index (κ1) is 26.7. The number of carbonyl (C=O) groups is 2. The van der Waals surface area contributed by atoms with E-state index in [-0.39, 0.29) is 47.8 Å². The average molecular weight is 555 g/mol. The Bertz CT molecular complexity index is 1250. The molecule has 0 unspecified atom stereocenters. The van der Waals surface area contributed by atoms with Gasteiger partial charge in [0.05, 0.1) is 6.54 Å². The summed E-state index contributed by atoms with van der Waals surface area (Å²) in [6, 6.07) is 8.36. The molecule has 4 aliphatic rings. The second-order valence-corrected chi connectivity index (χ2v) is 11.2. The number of nitrogens with one attached hydrogen (secondary N) is 2. The zero-order valence-corrected chi connectivity index (χ0v) is 21.3. The topological polar surface area (TPSA) is 76.7 Å². The van der Waals surface area contributed by atoms with E-state index in [0.717, 1.165) is 0 Å². The summed E-state index contributed by atoms with van der Waals surface area (Å²) in [7, 11) is 0. The van der Waals surface area contributed by atoms with E-state index in [4.69, 9.17) is 21.1 Å². The quantitative estimate of drug-likeness (QED) is 0.416. The molecule has 0 aromatic heterocycles. The molecule has 2 aromatic rings. The Morgan fingerprint density at radius 2 is 1.89 bits per heavy atom. The van der Waals surface area contributed by atoms with Gasteiger partial charge < -0.3 is 20.1 Å². The maximum Gasteiger partial charge on any atom is 0.401 e. The lowest BCUT2D eigenvalue weighted by Gasteiger charge is -2.70. The third kappa shape index (κ3) is 5.61. The molecule has 1 amide bonds. The van der Waals surface area contributed by atoms with Crippen molar-refractivity contribution in [2.45, 2.75) is 62.9 Å². The van der Waals surface area contributed by atoms with Crippen LogP contribution in [0.3, 0.4) is 0 Å². The van der Waals surface area contributed by atoms with Crippen LogP contribution < -0.4 is 20.1 Å². The summed E-state index contributed by atoms with van der Waals surface area (Å²) in [4.78, 5) is 25.5. The molecule has 11 heteroatoms. The second-order valence-electron chi connectivity index (χ2n) is 10.8. The lowest BCUT2D eigenvalue weighted by molar-refractivity contribution is -0.175. The molecule has 6 nitrogen and oxygen atoms in total. The molecule has 2 N–H and O–H groups in total. The number of hydrogen-bond donors (Lipinski definition) is 2. The van der Waals surface area contributed by atoms with Gasteiger partial charge in [0, 0.05) is 41.1 Å². The summed E-state index contributed by atoms with van der Waals surface area (Å²) >= 11 is 6.04. The van der Waals surface area contributed by atoms with Gasteiger partial charge in [0.2, 0.25) is 0 Å². The van der Waals surface area contributed by atoms with E-state index >= 15 is 0 Å². The number of alkyl halides is 3. The van der Waals surface area contributed by atoms with Crippen LogP contribution in [-0.4, -0.2) is 42.7 Å². The Kier molecular flexibility index (Phi) is 6.84. The van der Waals surface area contributed by atoms with Crippen molar-refractivity contribution in [1.82, 2.24) is 10.6 Å². The Morgan fingerprint density at radius 1 is 1.16 bits per heavy atom. The fourth-order valence-corrected chi connectivity index (χ4v) is 6.20. The molecule has 2 bridgehead atoms. The Hall–Kier alpha value is -2.85. The van der Waals surface area contributed by atoms with Crippen LogP contribution in [0.15, 0.2) is 36.4 Å². The fourth-order valence-electron chi connectivity index (χ4n) is 6.02. The molecule has 1 aliphatic heterocycles. The van der Waals surface area contributed by atoms with Gasteiger partial charge in [0.25, 0.3) is 5.91 Å². The number of carbonyl (C=O) groups excluding carboxylic acids is 2. The van der Waals surface area contributed by atoms with Gasteiger partial charge in [-0.05, 0) is 61.4 Å². The van der Waals surface area contributed by atoms with Gasteiger partial charge in [0.1, 0.15) is 17.3 Å². The minimum atomic E-state index is -4.40. The van der Waals surface area contributed by atoms with Crippen molar-refractivity contribution in [3.05, 3.63) is 58.4 Å². The maximum atomic E-state index is 13.7. The summed E-state index contributed by atoms with van der Waals surface area (Å²) < 4.78 is 63.5. The van der Waals surface area contributed by atoms with Crippen LogP contribution in [0.4, 0.5) is 17.6 Å². The van der Waals surface area contributed by atoms with E-state index in [2.05, 4.69) is 10.6 Å². The van der Waals surface area contributed by atoms with Gasteiger partial charge in [-0.1, -0.05) is 17.7 Å². The highest BCUT2D eigenvalue weighted by Crippen LogP contribution is 2.69. The van der Waals surface area contributed by atoms with Gasteiger partial charge in [0.15, 0.2) is 18.5 Å². The SMILES string of the molecule is Cc1ccc(OCC(=O)NC23CC(CC(=O)[C@@H]4C[C@@H](NCC(F)(F)F)c5cc(Cl)ccc5O4)(C2)C3)cc1F. The monoisotopic (exact) mass is 554 g/mol. The largest absolute Gasteiger partial charge is 0.484 e. The Balaban J connectivity index is 1.13. The van der Waals surface area contributed by atoms with Crippen molar-refractivity contribution in [2.75, 3.05) is 13.2 Å². The zero-order chi connectivity index (χ0) is 27.3. The van der Waals surface area contributed by atoms with E-state index in [1.54, 1.807) is 37.3 Å². The van der Waals surface area contributed by atoms with E-state index in [1.165, 1.54) is 6.07 Å². The van der Waals surface area contributed by atoms with Crippen LogP contribution >= 0.6 is 11.6 Å². The summed E-state index contributed by atoms with van der Waals surface area (Å²) in [6.07, 6.45) is -3.09. The number of ether oxygens (including phenoxy) is 2. The molecule has 0 radical (unpaired) electrons. The summed E-state index contributed by atoms with van der Waals surface area (Å²) in [6.45, 7) is 0.189. The second kappa shape index (κ2) is 9.72. The fraction of sp³-hybridized carbons (Fsp3) is 0.481. The molecular weight excluding hydrogens is 528 g/mol. The number of rotatable bonds is 9. The number of fused-ring (bicyclic) bond motifs is 1. The highest BCUT2D eigenvalue weighted by atomic mass is 35.5. The molecule has 1 heterocycles. The summed E-state index contributed by atoms with van der Waals surface area (Å²) in [5.41, 5.74) is 0.348. The highest BCUT2D eigenvalue weighted by Gasteiger charge is 2.68. The number of hydrogen-bond acceptors (Lipinski definition) is 5. The molecule has 38 heavy (non-hydrogen) atoms. The van der Waals surface area contributed by atoms with Crippen molar-refractivity contribution in [2.24, 2.45) is 5.41 Å². The lowest BCUT2D eigenvalue weighted by atomic mass is 9.38. The van der Waals surface area contributed by atoms with Gasteiger partial charge in [-0.3, -0.25) is 9.59 Å². The number of Topliss-reactive ketones (excluding diaryl/α,β-unsaturated/α-hetero) is 1. The van der Waals surface area contributed by atoms with Gasteiger partial charge >= 0.3 is 6.18 Å². The number of ketones is 1. The Labute approximate surface area is 222 Å². The molecular formula is C27H27ClF4N2O4. The number of aryl methyl sites for hydroxylation is 1. The smallest absolute Gasteiger partial charge is 0.401 e. The first-order valence-electron chi connectivity index (χ1n) is 12.3. The van der Waals surface area contributed by atoms with Crippen LogP contribution in [0.25, 0.3) is 0 Å². The molecule has 204 valence electrons. The molecule has 2 aromatic carbocycles. The van der Waals surface area contributed by atoms with Crippen LogP contribution in [-0.2, 0) is 9.59 Å². The van der Waals surface area contributed by atoms with Gasteiger partial charge in [-0.2, -0.15) is 13.2 Å². The minimum Gasteiger partial charge on any atom is -0.484 e. The molecule has 0 saturated heterocycles. The lowest BCUT2D eigenvalue weighted by Crippen LogP contribution is -2.75. The molecule has 2 atom stereocenters. The predicted molar refractivity (Wildman–Crippen MR) is 131 cm³/mol. The summed E-state index contributed by atoms with van der Waals surface area (Å²) in [5, 5.41) is 5.82. The minimum absolute atomic E-state index is 0.0666. The van der Waals surface area contributed by atoms with Crippen molar-refractivity contribution in [3.8, 4) is 11.5 Å². The highest BCUT2D eigenvalue weighted by molar-refractivity contribution is 6.30. The normalized spacial score (nSPS) is 27.3. The van der Waals surface area contributed by atoms with Crippen molar-refractivity contribution >= 4 is 23.3 Å². The van der Waals surface area contributed by atoms with Gasteiger partial charge in [-0.25, -0.2) is 4.39 Å². The third-order valence-corrected chi connectivity index (χ3v) is 7.82. The van der Waals surface area contributed by atoms with E-state index < -0.39 is 30.7 Å². The van der Waals surface area contributed by atoms with E-state index in [1.807, 2.05) is 0 Å². The first-order chi connectivity index (χ1) is 17.8. The molecule has 6 rings (SSSR count). The molecule has 3 fully saturated rings. The average Bonchev–Trinajstić information content (AvgIpc) is 2.80. The van der Waals surface area contributed by atoms with Crippen LogP contribution in [0.5, 0.6) is 11.5 Å². The number of benzene rings is 2. The van der Waals surface area contributed by atoms with Gasteiger partial charge in [-0.15, -0.1) is 0 Å². The first-order valence-corrected chi connectivity index (χ1v) is 12.7. The van der Waals surface area contributed by atoms with Crippen LogP contribution in [0.2, 0.25) is 5.02 Å². The van der Waals surface area contributed by atoms with E-state index in [0.29, 0.717) is 41.2 Å². The van der Waals surface area contributed by atoms with E-state index in [9.17, 15) is 27.2 Å². The standard InChI is InChI=1S/C27H27ClF4N2O4/c1-15-2-4-17(7-19(15)29)37-10-24(36)34-26-11-25(12-26,13-26)9-21(35)23-8-20(33-14-27(30,31)32)18-6-16(28)3-5-22(18)38-23/h2-7,20,23,33H,8-14H2,1H3,(H,34,36)/t20-,23+,25?,26?/m1/s1. The molecule has 0 spiro atoms. The zero-order valence-electron chi connectivity index (χ0n) is 20.6. The number of halogens is 5. The maximum absolute atomic E-state index is 13.7. The number of amides is 1. The summed E-state index contributed by atoms with van der Waals surface area (Å²) in [5.74, 6) is -0.301. The molecule has 3 saturated carbocycles. The van der Waals surface area contributed by atoms with Crippen molar-refractivity contribution in [3.63, 3.8) is 0 Å².